The van der Waals surface area contributed by atoms with Gasteiger partial charge in [-0.1, -0.05) is 23.5 Å². The van der Waals surface area contributed by atoms with Gasteiger partial charge in [-0.25, -0.2) is 0 Å². The van der Waals surface area contributed by atoms with E-state index >= 15 is 0 Å². The molecule has 6 unspecified atom stereocenters. The summed E-state index contributed by atoms with van der Waals surface area (Å²) in [5.74, 6) is -16.5. The molecular formula is C38H42O24S2. The number of phenolic OH excluding ortho intramolecular Hbond substituents is 2. The third kappa shape index (κ3) is 11.7. The molecule has 4 rings (SSSR count). The number of esters is 8. The van der Waals surface area contributed by atoms with E-state index in [2.05, 4.69) is 0 Å². The number of fused-ring (bicyclic) bond motifs is 1. The van der Waals surface area contributed by atoms with E-state index in [1.165, 1.54) is 0 Å². The molecule has 0 saturated carbocycles. The first-order valence-electron chi connectivity index (χ1n) is 18.6. The predicted molar refractivity (Wildman–Crippen MR) is 207 cm³/mol. The number of allylic oxidation sites excluding steroid dienone is 1. The first-order valence-corrected chi connectivity index (χ1v) is 20.4. The van der Waals surface area contributed by atoms with Crippen LogP contribution in [0.5, 0.6) is 11.5 Å². The number of hydrogen-bond acceptors (Lipinski definition) is 26. The average Bonchev–Trinajstić information content (AvgIpc) is 3.17. The zero-order chi connectivity index (χ0) is 48.1. The highest BCUT2D eigenvalue weighted by Crippen LogP contribution is 2.55. The Labute approximate surface area is 370 Å². The lowest BCUT2D eigenvalue weighted by atomic mass is 9.91. The minimum Gasteiger partial charge on any atom is -0.506 e. The van der Waals surface area contributed by atoms with Crippen molar-refractivity contribution in [1.82, 2.24) is 0 Å². The molecule has 1 aliphatic carbocycles. The second-order valence-corrected chi connectivity index (χ2v) is 16.0. The van der Waals surface area contributed by atoms with Crippen LogP contribution >= 0.6 is 23.5 Å². The normalized spacial score (nSPS) is 26.4. The van der Waals surface area contributed by atoms with E-state index in [0.717, 1.165) is 55.4 Å². The smallest absolute Gasteiger partial charge is 0.303 e. The van der Waals surface area contributed by atoms with E-state index < -0.39 is 176 Å². The minimum absolute atomic E-state index is 0.275. The molecule has 0 radical (unpaired) electrons. The first-order chi connectivity index (χ1) is 29.8. The number of ketones is 2. The van der Waals surface area contributed by atoms with E-state index in [0.29, 0.717) is 0 Å². The van der Waals surface area contributed by atoms with Crippen molar-refractivity contribution < 1.29 is 116 Å². The Kier molecular flexibility index (Phi) is 16.6. The molecule has 0 spiro atoms. The molecular weight excluding hydrogens is 905 g/mol. The number of ether oxygens (including phenoxy) is 10. The zero-order valence-corrected chi connectivity index (χ0v) is 36.6. The average molecular weight is 947 g/mol. The summed E-state index contributed by atoms with van der Waals surface area (Å²) in [6.45, 7) is 6.32. The van der Waals surface area contributed by atoms with Crippen molar-refractivity contribution in [3.63, 3.8) is 0 Å². The zero-order valence-electron chi connectivity index (χ0n) is 35.0. The van der Waals surface area contributed by atoms with Crippen LogP contribution in [0.25, 0.3) is 5.76 Å². The summed E-state index contributed by atoms with van der Waals surface area (Å²) in [5, 5.41) is 45.3. The number of hydrogen-bond donors (Lipinski definition) is 4. The van der Waals surface area contributed by atoms with Gasteiger partial charge in [0.25, 0.3) is 5.78 Å². The van der Waals surface area contributed by atoms with Crippen LogP contribution in [-0.2, 0) is 90.5 Å². The van der Waals surface area contributed by atoms with E-state index in [-0.39, 0.29) is 23.5 Å². The summed E-state index contributed by atoms with van der Waals surface area (Å²) >= 11 is 0.563. The highest BCUT2D eigenvalue weighted by Gasteiger charge is 2.55. The van der Waals surface area contributed by atoms with Gasteiger partial charge in [-0.15, -0.1) is 0 Å². The molecule has 2 fully saturated rings. The van der Waals surface area contributed by atoms with Crippen molar-refractivity contribution in [3.8, 4) is 11.5 Å². The molecule has 350 valence electrons. The fourth-order valence-electron chi connectivity index (χ4n) is 6.60. The first kappa shape index (κ1) is 50.5. The molecule has 1 aromatic rings. The van der Waals surface area contributed by atoms with E-state index in [4.69, 9.17) is 47.4 Å². The van der Waals surface area contributed by atoms with Gasteiger partial charge in [0.2, 0.25) is 11.5 Å². The van der Waals surface area contributed by atoms with Gasteiger partial charge in [-0.2, -0.15) is 0 Å². The van der Waals surface area contributed by atoms with Gasteiger partial charge in [-0.05, 0) is 0 Å². The van der Waals surface area contributed by atoms with E-state index in [9.17, 15) is 68.4 Å². The topological polar surface area (TPSA) is 344 Å². The monoisotopic (exact) mass is 946 g/mol. The third-order valence-electron chi connectivity index (χ3n) is 8.83. The summed E-state index contributed by atoms with van der Waals surface area (Å²) in [7, 11) is 0. The molecule has 10 atom stereocenters. The Morgan fingerprint density at radius 1 is 0.438 bits per heavy atom. The Balaban J connectivity index is 2.05. The number of Topliss-reactive ketones (excluding diaryl/α,β-unsaturated/α-hetero) is 2. The minimum atomic E-state index is -1.85. The number of carbonyl (C=O) groups is 10. The van der Waals surface area contributed by atoms with Crippen LogP contribution in [0.4, 0.5) is 0 Å². The number of thioether (sulfide) groups is 2. The van der Waals surface area contributed by atoms with Gasteiger partial charge < -0.3 is 67.8 Å². The van der Waals surface area contributed by atoms with Gasteiger partial charge in [0.05, 0.1) is 20.9 Å². The number of aliphatic hydroxyl groups excluding tert-OH is 2. The number of carbonyl (C=O) groups excluding carboxylic acids is 10. The van der Waals surface area contributed by atoms with Gasteiger partial charge in [0.15, 0.2) is 42.4 Å². The van der Waals surface area contributed by atoms with Gasteiger partial charge in [0, 0.05) is 55.4 Å². The Bertz CT molecular complexity index is 2150. The van der Waals surface area contributed by atoms with Crippen LogP contribution in [0, 0.1) is 0 Å². The Morgan fingerprint density at radius 2 is 0.750 bits per heavy atom. The lowest BCUT2D eigenvalue weighted by Gasteiger charge is -2.45. The number of benzene rings is 1. The fourth-order valence-corrected chi connectivity index (χ4v) is 9.27. The maximum atomic E-state index is 13.4. The molecule has 26 heteroatoms. The van der Waals surface area contributed by atoms with Crippen molar-refractivity contribution >= 4 is 88.6 Å². The largest absolute Gasteiger partial charge is 0.506 e. The summed E-state index contributed by atoms with van der Waals surface area (Å²) < 4.78 is 55.2. The maximum Gasteiger partial charge on any atom is 0.303 e. The molecule has 3 aliphatic rings. The second-order valence-electron chi connectivity index (χ2n) is 13.8. The highest BCUT2D eigenvalue weighted by molar-refractivity contribution is 8.03. The second kappa shape index (κ2) is 21.0. The molecule has 4 N–H and O–H groups in total. The Hall–Kier alpha value is -6.12. The number of phenols is 2. The fraction of sp³-hybridized carbons (Fsp3) is 0.526. The van der Waals surface area contributed by atoms with Crippen LogP contribution in [0.15, 0.2) is 15.6 Å². The van der Waals surface area contributed by atoms with Gasteiger partial charge >= 0.3 is 47.8 Å². The molecule has 0 aromatic heterocycles. The number of rotatable bonds is 14. The SMILES string of the molecule is CC(=O)OCC1O[C@@H](Sc2c(O)c3c(c(O)c2S[C@@H]2OC(COC(C)=O)[C@@H](OC(C)=O)C(OC(C)=O)C2OC(C)=O)C(O)=C(O)C(=O)C3=O)C(OC(C)=O)C(OC(C)=O)[C@@H]1OC(C)=O. The van der Waals surface area contributed by atoms with Crippen molar-refractivity contribution in [2.24, 2.45) is 0 Å². The summed E-state index contributed by atoms with van der Waals surface area (Å²) in [6, 6.07) is 0. The van der Waals surface area contributed by atoms with Gasteiger partial charge in [0.1, 0.15) is 47.8 Å². The molecule has 1 aromatic carbocycles. The number of aromatic hydroxyl groups is 2. The molecule has 2 heterocycles. The van der Waals surface area contributed by atoms with E-state index in [1.807, 2.05) is 0 Å². The standard InChI is InChI=1S/C38H42O24S2/c1-11(39)53-9-19-29(55-13(3)41)31(57-15(5)43)33(59-17(7)45)37(61-19)63-35-25(49)21-22(24(48)28(52)27(51)23(21)47)26(50)36(35)64-38-34(60-18(8)46)32(58-16(6)44)30(56-14(4)42)20(62-38)10-54-12(2)40/h19-20,29-34,37-38,47,49-51H,9-10H2,1-8H3/t19?,20?,29-,30-,31?,32?,33?,34?,37+,38+/m1/s1. The highest BCUT2D eigenvalue weighted by atomic mass is 32.2. The third-order valence-corrected chi connectivity index (χ3v) is 11.5. The number of aliphatic hydroxyl groups is 2. The molecule has 0 amide bonds. The predicted octanol–water partition coefficient (Wildman–Crippen LogP) is 0.998. The van der Waals surface area contributed by atoms with Crippen molar-refractivity contribution in [2.45, 2.75) is 125 Å². The van der Waals surface area contributed by atoms with Crippen LogP contribution < -0.4 is 0 Å². The lowest BCUT2D eigenvalue weighted by molar-refractivity contribution is -0.237. The van der Waals surface area contributed by atoms with Gasteiger partial charge in [-0.3, -0.25) is 47.9 Å². The van der Waals surface area contributed by atoms with E-state index in [1.54, 1.807) is 0 Å². The van der Waals surface area contributed by atoms with Crippen molar-refractivity contribution in [2.75, 3.05) is 13.2 Å². The lowest BCUT2D eigenvalue weighted by Crippen LogP contribution is -2.61. The van der Waals surface area contributed by atoms with Crippen LogP contribution in [0.3, 0.4) is 0 Å². The molecule has 0 bridgehead atoms. The van der Waals surface area contributed by atoms with Crippen molar-refractivity contribution in [3.05, 3.63) is 16.9 Å². The molecule has 24 nitrogen and oxygen atoms in total. The summed E-state index contributed by atoms with van der Waals surface area (Å²) in [5.41, 5.74) is -5.72. The maximum absolute atomic E-state index is 13.4. The molecule has 64 heavy (non-hydrogen) atoms. The summed E-state index contributed by atoms with van der Waals surface area (Å²) in [6.07, 6.45) is -13.7. The quantitative estimate of drug-likeness (QED) is 0.0874. The van der Waals surface area contributed by atoms with Crippen LogP contribution in [0.2, 0.25) is 0 Å². The molecule has 2 aliphatic heterocycles. The molecule has 2 saturated heterocycles. The van der Waals surface area contributed by atoms with Crippen molar-refractivity contribution in [1.29, 1.82) is 0 Å². The van der Waals surface area contributed by atoms with Crippen LogP contribution in [0.1, 0.15) is 71.3 Å². The van der Waals surface area contributed by atoms with Crippen LogP contribution in [-0.4, -0.2) is 153 Å². The summed E-state index contributed by atoms with van der Waals surface area (Å²) in [4.78, 5) is 124. The Morgan fingerprint density at radius 3 is 1.08 bits per heavy atom.